The minimum atomic E-state index is 0.0463. The molecule has 17 heavy (non-hydrogen) atoms. The van der Waals surface area contributed by atoms with Crippen LogP contribution in [0.1, 0.15) is 39.5 Å². The molecule has 0 atom stereocenters. The predicted octanol–water partition coefficient (Wildman–Crippen LogP) is 2.50. The first-order valence-electron chi connectivity index (χ1n) is 6.77. The van der Waals surface area contributed by atoms with E-state index in [0.717, 1.165) is 51.1 Å². The Morgan fingerprint density at radius 2 is 2.00 bits per heavy atom. The second-order valence-corrected chi connectivity index (χ2v) is 6.39. The Bertz CT molecular complexity index is 263. The van der Waals surface area contributed by atoms with Gasteiger partial charge in [0.1, 0.15) is 4.93 Å². The summed E-state index contributed by atoms with van der Waals surface area (Å²) in [7, 11) is 0. The number of carbonyl (C=O) groups excluding carboxylic acids is 1. The summed E-state index contributed by atoms with van der Waals surface area (Å²) in [6.07, 6.45) is 3.93. The van der Waals surface area contributed by atoms with Crippen LogP contribution in [0.3, 0.4) is 0 Å². The molecule has 0 aliphatic carbocycles. The molecule has 0 bridgehead atoms. The Morgan fingerprint density at radius 1 is 1.35 bits per heavy atom. The van der Waals surface area contributed by atoms with E-state index < -0.39 is 0 Å². The first-order valence-corrected chi connectivity index (χ1v) is 7.76. The van der Waals surface area contributed by atoms with E-state index in [4.69, 9.17) is 4.74 Å². The van der Waals surface area contributed by atoms with Crippen molar-refractivity contribution in [3.63, 3.8) is 0 Å². The van der Waals surface area contributed by atoms with Crippen LogP contribution in [0.15, 0.2) is 0 Å². The van der Waals surface area contributed by atoms with E-state index in [1.165, 1.54) is 0 Å². The van der Waals surface area contributed by atoms with E-state index in [-0.39, 0.29) is 10.9 Å². The minimum absolute atomic E-state index is 0.0463. The van der Waals surface area contributed by atoms with Gasteiger partial charge in [0.15, 0.2) is 0 Å². The number of amides is 1. The normalized spacial score (nSPS) is 23.6. The average molecular weight is 257 g/mol. The quantitative estimate of drug-likeness (QED) is 0.778. The third-order valence-corrected chi connectivity index (χ3v) is 5.41. The van der Waals surface area contributed by atoms with E-state index in [2.05, 4.69) is 13.8 Å². The lowest BCUT2D eigenvalue weighted by molar-refractivity contribution is -0.138. The van der Waals surface area contributed by atoms with Crippen molar-refractivity contribution < 1.29 is 9.53 Å². The van der Waals surface area contributed by atoms with Crippen molar-refractivity contribution in [1.29, 1.82) is 0 Å². The Labute approximate surface area is 108 Å². The van der Waals surface area contributed by atoms with Gasteiger partial charge in [-0.05, 0) is 12.8 Å². The van der Waals surface area contributed by atoms with Gasteiger partial charge in [-0.1, -0.05) is 13.8 Å². The summed E-state index contributed by atoms with van der Waals surface area (Å²) < 4.78 is 5.85. The summed E-state index contributed by atoms with van der Waals surface area (Å²) in [5.74, 6) is 1.69. The molecule has 4 heteroatoms. The fourth-order valence-corrected chi connectivity index (χ4v) is 3.93. The molecule has 1 spiro atoms. The summed E-state index contributed by atoms with van der Waals surface area (Å²) in [5, 5.41) is 0. The van der Waals surface area contributed by atoms with Crippen LogP contribution in [-0.4, -0.2) is 41.2 Å². The molecule has 3 nitrogen and oxygen atoms in total. The molecule has 2 heterocycles. The van der Waals surface area contributed by atoms with Gasteiger partial charge < -0.3 is 9.64 Å². The number of piperidine rings is 1. The number of nitrogens with zero attached hydrogens (tertiary/aromatic N) is 1. The van der Waals surface area contributed by atoms with Gasteiger partial charge in [0.2, 0.25) is 5.91 Å². The molecule has 2 fully saturated rings. The first kappa shape index (κ1) is 13.2. The van der Waals surface area contributed by atoms with E-state index in [1.54, 1.807) is 0 Å². The molecule has 0 saturated carbocycles. The van der Waals surface area contributed by atoms with Gasteiger partial charge in [-0.25, -0.2) is 0 Å². The Morgan fingerprint density at radius 3 is 2.47 bits per heavy atom. The van der Waals surface area contributed by atoms with Crippen LogP contribution in [0.25, 0.3) is 0 Å². The predicted molar refractivity (Wildman–Crippen MR) is 71.0 cm³/mol. The maximum atomic E-state index is 12.2. The van der Waals surface area contributed by atoms with E-state index in [9.17, 15) is 4.79 Å². The Kier molecular flexibility index (Phi) is 4.36. The number of hydrogen-bond acceptors (Lipinski definition) is 3. The second-order valence-electron chi connectivity index (χ2n) is 4.95. The van der Waals surface area contributed by atoms with Gasteiger partial charge in [0.25, 0.3) is 0 Å². The molecule has 2 aliphatic heterocycles. The van der Waals surface area contributed by atoms with Gasteiger partial charge in [-0.15, -0.1) is 11.8 Å². The second kappa shape index (κ2) is 5.61. The largest absolute Gasteiger partial charge is 0.363 e. The number of ether oxygens (including phenoxy) is 1. The topological polar surface area (TPSA) is 29.5 Å². The number of likely N-dealkylation sites (tertiary alicyclic amines) is 1. The van der Waals surface area contributed by atoms with Crippen LogP contribution in [0.5, 0.6) is 0 Å². The Balaban J connectivity index is 1.88. The van der Waals surface area contributed by atoms with Gasteiger partial charge in [0.05, 0.1) is 6.61 Å². The monoisotopic (exact) mass is 257 g/mol. The van der Waals surface area contributed by atoms with Gasteiger partial charge >= 0.3 is 0 Å². The number of carbonyl (C=O) groups is 1. The number of hydrogen-bond donors (Lipinski definition) is 0. The van der Waals surface area contributed by atoms with Crippen molar-refractivity contribution >= 4 is 17.7 Å². The molecule has 2 rings (SSSR count). The zero-order valence-corrected chi connectivity index (χ0v) is 11.7. The third-order valence-electron chi connectivity index (χ3n) is 3.99. The molecule has 0 unspecified atom stereocenters. The van der Waals surface area contributed by atoms with Crippen molar-refractivity contribution in [3.05, 3.63) is 0 Å². The van der Waals surface area contributed by atoms with Crippen LogP contribution in [0.4, 0.5) is 0 Å². The molecule has 0 aromatic rings. The summed E-state index contributed by atoms with van der Waals surface area (Å²) in [4.78, 5) is 14.3. The molecular formula is C13H23NO2S. The summed E-state index contributed by atoms with van der Waals surface area (Å²) in [5.41, 5.74) is 0. The fraction of sp³-hybridized carbons (Fsp3) is 0.923. The van der Waals surface area contributed by atoms with Crippen molar-refractivity contribution in [2.24, 2.45) is 5.92 Å². The van der Waals surface area contributed by atoms with E-state index in [0.29, 0.717) is 5.91 Å². The number of rotatable bonds is 3. The molecule has 0 N–H and O–H groups in total. The van der Waals surface area contributed by atoms with Crippen LogP contribution >= 0.6 is 11.8 Å². The summed E-state index contributed by atoms with van der Waals surface area (Å²) in [6.45, 7) is 6.84. The van der Waals surface area contributed by atoms with Crippen LogP contribution < -0.4 is 0 Å². The highest BCUT2D eigenvalue weighted by Gasteiger charge is 2.40. The van der Waals surface area contributed by atoms with Crippen LogP contribution in [0.2, 0.25) is 0 Å². The zero-order chi connectivity index (χ0) is 12.3. The summed E-state index contributed by atoms with van der Waals surface area (Å²) >= 11 is 1.94. The van der Waals surface area contributed by atoms with E-state index in [1.807, 2.05) is 16.7 Å². The van der Waals surface area contributed by atoms with Crippen molar-refractivity contribution in [1.82, 2.24) is 4.90 Å². The van der Waals surface area contributed by atoms with Crippen molar-refractivity contribution in [2.75, 3.05) is 25.4 Å². The third kappa shape index (κ3) is 2.79. The van der Waals surface area contributed by atoms with Crippen molar-refractivity contribution in [2.45, 2.75) is 44.5 Å². The highest BCUT2D eigenvalue weighted by atomic mass is 32.2. The Hall–Kier alpha value is -0.220. The van der Waals surface area contributed by atoms with Crippen LogP contribution in [-0.2, 0) is 9.53 Å². The van der Waals surface area contributed by atoms with Gasteiger partial charge in [-0.2, -0.15) is 0 Å². The minimum Gasteiger partial charge on any atom is -0.363 e. The highest BCUT2D eigenvalue weighted by molar-refractivity contribution is 8.00. The lowest BCUT2D eigenvalue weighted by Crippen LogP contribution is -2.46. The molecule has 98 valence electrons. The number of thioether (sulfide) groups is 1. The first-order chi connectivity index (χ1) is 8.21. The molecule has 0 aromatic heterocycles. The maximum Gasteiger partial charge on any atom is 0.225 e. The lowest BCUT2D eigenvalue weighted by Gasteiger charge is -2.39. The highest BCUT2D eigenvalue weighted by Crippen LogP contribution is 2.41. The standard InChI is InChI=1S/C13H23NO2S/c1-3-11(4-2)12(15)14-7-5-13(6-8-14)16-9-10-17-13/h11H,3-10H2,1-2H3. The summed E-state index contributed by atoms with van der Waals surface area (Å²) in [6, 6.07) is 0. The van der Waals surface area contributed by atoms with Gasteiger partial charge in [0, 0.05) is 37.6 Å². The van der Waals surface area contributed by atoms with Crippen LogP contribution in [0, 0.1) is 5.92 Å². The van der Waals surface area contributed by atoms with Gasteiger partial charge in [-0.3, -0.25) is 4.79 Å². The van der Waals surface area contributed by atoms with E-state index >= 15 is 0 Å². The smallest absolute Gasteiger partial charge is 0.225 e. The zero-order valence-electron chi connectivity index (χ0n) is 10.9. The molecule has 2 aliphatic rings. The molecule has 2 saturated heterocycles. The molecule has 1 amide bonds. The molecule has 0 aromatic carbocycles. The molecule has 0 radical (unpaired) electrons. The lowest BCUT2D eigenvalue weighted by atomic mass is 9.99. The SMILES string of the molecule is CCC(CC)C(=O)N1CCC2(CC1)OCCS2. The average Bonchev–Trinajstić information content (AvgIpc) is 2.80. The molecular weight excluding hydrogens is 234 g/mol. The maximum absolute atomic E-state index is 12.2. The van der Waals surface area contributed by atoms with Crippen molar-refractivity contribution in [3.8, 4) is 0 Å². The fourth-order valence-electron chi connectivity index (χ4n) is 2.75.